The van der Waals surface area contributed by atoms with Crippen LogP contribution in [0, 0.1) is 5.41 Å². The molecule has 0 aromatic carbocycles. The van der Waals surface area contributed by atoms with Gasteiger partial charge in [0, 0.05) is 11.9 Å². The molecule has 0 aromatic rings. The molecular weight excluding hydrogens is 238 g/mol. The fourth-order valence-corrected chi connectivity index (χ4v) is 3.27. The van der Waals surface area contributed by atoms with Gasteiger partial charge in [0.25, 0.3) is 0 Å². The first-order valence-electron chi connectivity index (χ1n) is 6.04. The molecule has 1 saturated heterocycles. The predicted molar refractivity (Wildman–Crippen MR) is 67.1 cm³/mol. The second-order valence-electron chi connectivity index (χ2n) is 4.68. The topological polar surface area (TPSA) is 3.24 Å². The van der Waals surface area contributed by atoms with Gasteiger partial charge in [-0.1, -0.05) is 36.2 Å². The number of hydrogen-bond acceptors (Lipinski definition) is 1. The van der Waals surface area contributed by atoms with E-state index in [4.69, 9.17) is 0 Å². The summed E-state index contributed by atoms with van der Waals surface area (Å²) >= 11 is 3.69. The quantitative estimate of drug-likeness (QED) is 0.683. The van der Waals surface area contributed by atoms with Gasteiger partial charge in [-0.2, -0.15) is 0 Å². The van der Waals surface area contributed by atoms with E-state index in [-0.39, 0.29) is 0 Å². The van der Waals surface area contributed by atoms with E-state index in [1.54, 1.807) is 0 Å². The van der Waals surface area contributed by atoms with Crippen molar-refractivity contribution in [1.29, 1.82) is 0 Å². The Morgan fingerprint density at radius 2 is 1.64 bits per heavy atom. The van der Waals surface area contributed by atoms with E-state index < -0.39 is 0 Å². The summed E-state index contributed by atoms with van der Waals surface area (Å²) in [6.45, 7) is 8.61. The first-order chi connectivity index (χ1) is 6.76. The van der Waals surface area contributed by atoms with Crippen molar-refractivity contribution in [3.8, 4) is 0 Å². The minimum absolute atomic E-state index is 0.525. The Balaban J connectivity index is 2.44. The standard InChI is InChI=1S/C12H24BrN/c1-3-12(4-2,10-13)11-14-8-6-5-7-9-14/h3-11H2,1-2H3. The Hall–Kier alpha value is 0.440. The third-order valence-corrected chi connectivity index (χ3v) is 4.98. The molecule has 1 nitrogen and oxygen atoms in total. The van der Waals surface area contributed by atoms with Crippen LogP contribution in [0.5, 0.6) is 0 Å². The molecule has 0 spiro atoms. The maximum atomic E-state index is 3.69. The highest BCUT2D eigenvalue weighted by atomic mass is 79.9. The van der Waals surface area contributed by atoms with Gasteiger partial charge in [0.15, 0.2) is 0 Å². The molecule has 1 heterocycles. The highest BCUT2D eigenvalue weighted by molar-refractivity contribution is 9.09. The van der Waals surface area contributed by atoms with Gasteiger partial charge in [-0.3, -0.25) is 0 Å². The summed E-state index contributed by atoms with van der Waals surface area (Å²) in [6, 6.07) is 0. The number of rotatable bonds is 5. The maximum absolute atomic E-state index is 3.69. The van der Waals surface area contributed by atoms with Gasteiger partial charge in [-0.15, -0.1) is 0 Å². The van der Waals surface area contributed by atoms with Gasteiger partial charge in [0.1, 0.15) is 0 Å². The Morgan fingerprint density at radius 3 is 2.07 bits per heavy atom. The molecule has 1 aliphatic heterocycles. The zero-order valence-electron chi connectivity index (χ0n) is 9.69. The monoisotopic (exact) mass is 261 g/mol. The molecule has 0 atom stereocenters. The molecular formula is C12H24BrN. The predicted octanol–water partition coefficient (Wildman–Crippen LogP) is 3.67. The molecule has 1 aliphatic rings. The van der Waals surface area contributed by atoms with Crippen molar-refractivity contribution in [3.05, 3.63) is 0 Å². The molecule has 0 unspecified atom stereocenters. The fourth-order valence-electron chi connectivity index (χ4n) is 2.30. The zero-order valence-corrected chi connectivity index (χ0v) is 11.3. The lowest BCUT2D eigenvalue weighted by Gasteiger charge is -2.37. The van der Waals surface area contributed by atoms with Gasteiger partial charge >= 0.3 is 0 Å². The Labute approximate surface area is 97.4 Å². The number of nitrogens with zero attached hydrogens (tertiary/aromatic N) is 1. The zero-order chi connectivity index (χ0) is 10.4. The molecule has 0 aliphatic carbocycles. The summed E-state index contributed by atoms with van der Waals surface area (Å²) in [4.78, 5) is 2.66. The van der Waals surface area contributed by atoms with Crippen LogP contribution >= 0.6 is 15.9 Å². The van der Waals surface area contributed by atoms with Crippen LogP contribution in [-0.2, 0) is 0 Å². The SMILES string of the molecule is CCC(CC)(CBr)CN1CCCCC1. The minimum atomic E-state index is 0.525. The lowest BCUT2D eigenvalue weighted by Crippen LogP contribution is -2.41. The summed E-state index contributed by atoms with van der Waals surface area (Å²) in [6.07, 6.45) is 6.85. The molecule has 1 fully saturated rings. The molecule has 0 amide bonds. The van der Waals surface area contributed by atoms with Crippen LogP contribution in [0.3, 0.4) is 0 Å². The Bertz CT molecular complexity index is 140. The van der Waals surface area contributed by atoms with E-state index in [1.165, 1.54) is 51.7 Å². The van der Waals surface area contributed by atoms with Crippen molar-refractivity contribution in [1.82, 2.24) is 4.90 Å². The third-order valence-electron chi connectivity index (χ3n) is 3.79. The van der Waals surface area contributed by atoms with Crippen LogP contribution in [-0.4, -0.2) is 29.9 Å². The van der Waals surface area contributed by atoms with Crippen molar-refractivity contribution < 1.29 is 0 Å². The van der Waals surface area contributed by atoms with Crippen LogP contribution < -0.4 is 0 Å². The van der Waals surface area contributed by atoms with Crippen molar-refractivity contribution in [2.45, 2.75) is 46.0 Å². The van der Waals surface area contributed by atoms with Gasteiger partial charge < -0.3 is 4.90 Å². The normalized spacial score (nSPS) is 19.9. The van der Waals surface area contributed by atoms with E-state index in [2.05, 4.69) is 34.7 Å². The second kappa shape index (κ2) is 6.12. The molecule has 1 rings (SSSR count). The van der Waals surface area contributed by atoms with E-state index in [0.717, 1.165) is 5.33 Å². The summed E-state index contributed by atoms with van der Waals surface area (Å²) in [5.41, 5.74) is 0.525. The van der Waals surface area contributed by atoms with E-state index in [1.807, 2.05) is 0 Å². The second-order valence-corrected chi connectivity index (χ2v) is 5.24. The van der Waals surface area contributed by atoms with Crippen molar-refractivity contribution in [3.63, 3.8) is 0 Å². The van der Waals surface area contributed by atoms with Crippen LogP contribution in [0.25, 0.3) is 0 Å². The summed E-state index contributed by atoms with van der Waals surface area (Å²) in [5, 5.41) is 1.16. The first kappa shape index (κ1) is 12.5. The molecule has 0 aromatic heterocycles. The molecule has 0 saturated carbocycles. The Morgan fingerprint density at radius 1 is 1.07 bits per heavy atom. The number of halogens is 1. The van der Waals surface area contributed by atoms with Crippen molar-refractivity contribution in [2.75, 3.05) is 25.0 Å². The van der Waals surface area contributed by atoms with Gasteiger partial charge in [0.2, 0.25) is 0 Å². The van der Waals surface area contributed by atoms with E-state index in [9.17, 15) is 0 Å². The third kappa shape index (κ3) is 3.23. The molecule has 0 N–H and O–H groups in total. The summed E-state index contributed by atoms with van der Waals surface area (Å²) in [5.74, 6) is 0. The largest absolute Gasteiger partial charge is 0.303 e. The number of hydrogen-bond donors (Lipinski definition) is 0. The van der Waals surface area contributed by atoms with Gasteiger partial charge in [-0.25, -0.2) is 0 Å². The van der Waals surface area contributed by atoms with Crippen LogP contribution in [0.1, 0.15) is 46.0 Å². The van der Waals surface area contributed by atoms with Crippen LogP contribution in [0.4, 0.5) is 0 Å². The lowest BCUT2D eigenvalue weighted by molar-refractivity contribution is 0.137. The number of piperidine rings is 1. The summed E-state index contributed by atoms with van der Waals surface area (Å²) < 4.78 is 0. The number of alkyl halides is 1. The summed E-state index contributed by atoms with van der Waals surface area (Å²) in [7, 11) is 0. The molecule has 0 bridgehead atoms. The fraction of sp³-hybridized carbons (Fsp3) is 1.00. The molecule has 2 heteroatoms. The van der Waals surface area contributed by atoms with Gasteiger partial charge in [-0.05, 0) is 44.2 Å². The van der Waals surface area contributed by atoms with E-state index in [0.29, 0.717) is 5.41 Å². The van der Waals surface area contributed by atoms with Crippen molar-refractivity contribution in [2.24, 2.45) is 5.41 Å². The molecule has 14 heavy (non-hydrogen) atoms. The highest BCUT2D eigenvalue weighted by Gasteiger charge is 2.27. The maximum Gasteiger partial charge on any atom is 0.01000 e. The lowest BCUT2D eigenvalue weighted by atomic mass is 9.83. The highest BCUT2D eigenvalue weighted by Crippen LogP contribution is 2.30. The first-order valence-corrected chi connectivity index (χ1v) is 7.17. The molecule has 84 valence electrons. The Kier molecular flexibility index (Phi) is 5.47. The number of likely N-dealkylation sites (tertiary alicyclic amines) is 1. The molecule has 0 radical (unpaired) electrons. The van der Waals surface area contributed by atoms with E-state index >= 15 is 0 Å². The average Bonchev–Trinajstić information content (AvgIpc) is 2.28. The minimum Gasteiger partial charge on any atom is -0.303 e. The smallest absolute Gasteiger partial charge is 0.01000 e. The van der Waals surface area contributed by atoms with Crippen LogP contribution in [0.15, 0.2) is 0 Å². The van der Waals surface area contributed by atoms with Gasteiger partial charge in [0.05, 0.1) is 0 Å². The van der Waals surface area contributed by atoms with Crippen LogP contribution in [0.2, 0.25) is 0 Å². The van der Waals surface area contributed by atoms with Crippen molar-refractivity contribution >= 4 is 15.9 Å². The average molecular weight is 262 g/mol.